The largest absolute Gasteiger partial charge is 0.493 e. The summed E-state index contributed by atoms with van der Waals surface area (Å²) in [6.07, 6.45) is 0. The van der Waals surface area contributed by atoms with Gasteiger partial charge in [-0.1, -0.05) is 49.2 Å². The molecule has 33 heavy (non-hydrogen) atoms. The highest BCUT2D eigenvalue weighted by molar-refractivity contribution is 6.33. The van der Waals surface area contributed by atoms with Gasteiger partial charge in [0, 0.05) is 7.05 Å². The number of esters is 1. The van der Waals surface area contributed by atoms with Crippen LogP contribution in [0.25, 0.3) is 0 Å². The zero-order valence-electron chi connectivity index (χ0n) is 18.8. The average molecular weight is 497 g/mol. The summed E-state index contributed by atoms with van der Waals surface area (Å²) in [5.41, 5.74) is 0.531. The Morgan fingerprint density at radius 1 is 1.09 bits per heavy atom. The second-order valence-corrected chi connectivity index (χ2v) is 8.36. The SMILES string of the molecule is COc1cc(C(=O)OCC(=O)N(C)CC(=O)Nc2ccccc2Cl)cc(Cl)c1OCC(C)C. The lowest BCUT2D eigenvalue weighted by Gasteiger charge is -2.17. The minimum Gasteiger partial charge on any atom is -0.493 e. The van der Waals surface area contributed by atoms with Crippen molar-refractivity contribution < 1.29 is 28.6 Å². The van der Waals surface area contributed by atoms with Gasteiger partial charge in [-0.25, -0.2) is 4.79 Å². The molecule has 8 nitrogen and oxygen atoms in total. The van der Waals surface area contributed by atoms with E-state index in [1.807, 2.05) is 13.8 Å². The van der Waals surface area contributed by atoms with Crippen molar-refractivity contribution in [3.63, 3.8) is 0 Å². The van der Waals surface area contributed by atoms with Crippen molar-refractivity contribution in [3.05, 3.63) is 52.0 Å². The third-order valence-electron chi connectivity index (χ3n) is 4.31. The summed E-state index contributed by atoms with van der Waals surface area (Å²) in [6.45, 7) is 3.59. The Labute approximate surface area is 202 Å². The summed E-state index contributed by atoms with van der Waals surface area (Å²) >= 11 is 12.3. The van der Waals surface area contributed by atoms with Crippen molar-refractivity contribution in [2.24, 2.45) is 5.92 Å². The molecule has 2 rings (SSSR count). The van der Waals surface area contributed by atoms with Crippen molar-refractivity contribution in [1.82, 2.24) is 4.90 Å². The van der Waals surface area contributed by atoms with E-state index in [4.69, 9.17) is 37.4 Å². The van der Waals surface area contributed by atoms with Gasteiger partial charge in [0.15, 0.2) is 18.1 Å². The number of likely N-dealkylation sites (N-methyl/N-ethyl adjacent to an activating group) is 1. The molecule has 0 saturated heterocycles. The van der Waals surface area contributed by atoms with E-state index in [0.717, 1.165) is 4.90 Å². The monoisotopic (exact) mass is 496 g/mol. The van der Waals surface area contributed by atoms with E-state index in [2.05, 4.69) is 5.32 Å². The Kier molecular flexibility index (Phi) is 9.81. The van der Waals surface area contributed by atoms with E-state index in [-0.39, 0.29) is 28.8 Å². The van der Waals surface area contributed by atoms with Crippen molar-refractivity contribution in [1.29, 1.82) is 0 Å². The first-order valence-corrected chi connectivity index (χ1v) is 10.8. The third-order valence-corrected chi connectivity index (χ3v) is 4.92. The van der Waals surface area contributed by atoms with Gasteiger partial charge < -0.3 is 24.4 Å². The molecule has 0 aromatic heterocycles. The molecule has 0 saturated carbocycles. The fourth-order valence-electron chi connectivity index (χ4n) is 2.60. The van der Waals surface area contributed by atoms with Crippen LogP contribution in [0.5, 0.6) is 11.5 Å². The predicted molar refractivity (Wildman–Crippen MR) is 126 cm³/mol. The summed E-state index contributed by atoms with van der Waals surface area (Å²) < 4.78 is 16.0. The minimum atomic E-state index is -0.770. The highest BCUT2D eigenvalue weighted by Gasteiger charge is 2.20. The number of nitrogens with one attached hydrogen (secondary N) is 1. The molecule has 178 valence electrons. The number of anilines is 1. The number of hydrogen-bond acceptors (Lipinski definition) is 6. The molecule has 0 aliphatic carbocycles. The van der Waals surface area contributed by atoms with E-state index in [1.165, 1.54) is 26.3 Å². The van der Waals surface area contributed by atoms with Gasteiger partial charge in [-0.2, -0.15) is 0 Å². The maximum atomic E-state index is 12.4. The number of carbonyl (C=O) groups excluding carboxylic acids is 3. The quantitative estimate of drug-likeness (QED) is 0.493. The zero-order chi connectivity index (χ0) is 24.5. The van der Waals surface area contributed by atoms with Crippen LogP contribution in [0, 0.1) is 5.92 Å². The van der Waals surface area contributed by atoms with Gasteiger partial charge in [0.05, 0.1) is 41.6 Å². The lowest BCUT2D eigenvalue weighted by atomic mass is 10.2. The molecule has 0 bridgehead atoms. The summed E-state index contributed by atoms with van der Waals surface area (Å²) in [5.74, 6) is -0.913. The molecular formula is C23H26Cl2N2O6. The molecule has 2 amide bonds. The zero-order valence-corrected chi connectivity index (χ0v) is 20.3. The van der Waals surface area contributed by atoms with Crippen LogP contribution in [0.2, 0.25) is 10.0 Å². The standard InChI is InChI=1S/C23H26Cl2N2O6/c1-14(2)12-32-22-17(25)9-15(10-19(22)31-4)23(30)33-13-21(29)27(3)11-20(28)26-18-8-6-5-7-16(18)24/h5-10,14H,11-13H2,1-4H3,(H,26,28). The van der Waals surface area contributed by atoms with Crippen LogP contribution in [-0.2, 0) is 14.3 Å². The first-order chi connectivity index (χ1) is 15.6. The summed E-state index contributed by atoms with van der Waals surface area (Å²) in [4.78, 5) is 38.0. The first kappa shape index (κ1) is 26.3. The molecule has 10 heteroatoms. The van der Waals surface area contributed by atoms with E-state index < -0.39 is 24.4 Å². The Bertz CT molecular complexity index is 1010. The second-order valence-electron chi connectivity index (χ2n) is 7.55. The third kappa shape index (κ3) is 7.83. The molecule has 0 spiro atoms. The molecule has 2 aromatic carbocycles. The summed E-state index contributed by atoms with van der Waals surface area (Å²) in [7, 11) is 2.85. The van der Waals surface area contributed by atoms with Crippen LogP contribution in [0.15, 0.2) is 36.4 Å². The van der Waals surface area contributed by atoms with Crippen LogP contribution in [0.1, 0.15) is 24.2 Å². The van der Waals surface area contributed by atoms with E-state index in [0.29, 0.717) is 23.1 Å². The number of methoxy groups -OCH3 is 1. The Hall–Kier alpha value is -2.97. The number of benzene rings is 2. The Morgan fingerprint density at radius 2 is 1.79 bits per heavy atom. The molecule has 0 aliphatic heterocycles. The Morgan fingerprint density at radius 3 is 2.42 bits per heavy atom. The molecule has 0 unspecified atom stereocenters. The van der Waals surface area contributed by atoms with Crippen LogP contribution in [0.3, 0.4) is 0 Å². The molecule has 0 fully saturated rings. The second kappa shape index (κ2) is 12.3. The van der Waals surface area contributed by atoms with E-state index in [1.54, 1.807) is 24.3 Å². The first-order valence-electron chi connectivity index (χ1n) is 10.1. The predicted octanol–water partition coefficient (Wildman–Crippen LogP) is 4.29. The van der Waals surface area contributed by atoms with Gasteiger partial charge in [-0.05, 0) is 30.2 Å². The maximum Gasteiger partial charge on any atom is 0.338 e. The molecule has 0 aliphatic rings. The maximum absolute atomic E-state index is 12.4. The van der Waals surface area contributed by atoms with Gasteiger partial charge in [0.25, 0.3) is 5.91 Å². The number of amides is 2. The molecule has 2 aromatic rings. The van der Waals surface area contributed by atoms with Crippen molar-refractivity contribution in [2.75, 3.05) is 39.2 Å². The highest BCUT2D eigenvalue weighted by Crippen LogP contribution is 2.37. The molecule has 0 radical (unpaired) electrons. The van der Waals surface area contributed by atoms with Crippen LogP contribution < -0.4 is 14.8 Å². The topological polar surface area (TPSA) is 94.2 Å². The van der Waals surface area contributed by atoms with Gasteiger partial charge >= 0.3 is 5.97 Å². The number of para-hydroxylation sites is 1. The lowest BCUT2D eigenvalue weighted by molar-refractivity contribution is -0.136. The van der Waals surface area contributed by atoms with Gasteiger partial charge in [0.1, 0.15) is 0 Å². The van der Waals surface area contributed by atoms with Gasteiger partial charge in [0.2, 0.25) is 5.91 Å². The number of ether oxygens (including phenoxy) is 3. The van der Waals surface area contributed by atoms with Crippen molar-refractivity contribution in [3.8, 4) is 11.5 Å². The smallest absolute Gasteiger partial charge is 0.338 e. The Balaban J connectivity index is 1.93. The molecular weight excluding hydrogens is 471 g/mol. The highest BCUT2D eigenvalue weighted by atomic mass is 35.5. The number of carbonyl (C=O) groups is 3. The average Bonchev–Trinajstić information content (AvgIpc) is 2.77. The molecule has 1 N–H and O–H groups in total. The number of nitrogens with zero attached hydrogens (tertiary/aromatic N) is 1. The molecule has 0 atom stereocenters. The number of hydrogen-bond donors (Lipinski definition) is 1. The fourth-order valence-corrected chi connectivity index (χ4v) is 3.05. The molecule has 0 heterocycles. The van der Waals surface area contributed by atoms with Gasteiger partial charge in [-0.3, -0.25) is 9.59 Å². The van der Waals surface area contributed by atoms with E-state index >= 15 is 0 Å². The number of halogens is 2. The minimum absolute atomic E-state index is 0.0978. The fraction of sp³-hybridized carbons (Fsp3) is 0.348. The summed E-state index contributed by atoms with van der Waals surface area (Å²) in [6, 6.07) is 9.54. The van der Waals surface area contributed by atoms with Gasteiger partial charge in [-0.15, -0.1) is 0 Å². The van der Waals surface area contributed by atoms with Crippen molar-refractivity contribution in [2.45, 2.75) is 13.8 Å². The number of rotatable bonds is 10. The van der Waals surface area contributed by atoms with Crippen LogP contribution >= 0.6 is 23.2 Å². The van der Waals surface area contributed by atoms with Crippen LogP contribution in [0.4, 0.5) is 5.69 Å². The lowest BCUT2D eigenvalue weighted by Crippen LogP contribution is -2.37. The van der Waals surface area contributed by atoms with Crippen molar-refractivity contribution >= 4 is 46.7 Å². The normalized spacial score (nSPS) is 10.5. The van der Waals surface area contributed by atoms with E-state index in [9.17, 15) is 14.4 Å². The van der Waals surface area contributed by atoms with Crippen LogP contribution in [-0.4, -0.2) is 56.6 Å². The summed E-state index contributed by atoms with van der Waals surface area (Å²) in [5, 5.41) is 3.18.